The van der Waals surface area contributed by atoms with Crippen molar-refractivity contribution in [3.63, 3.8) is 0 Å². The molecule has 3 rings (SSSR count). The standard InChI is InChI=1S/C18H24N4O2/c1-3-24-18-6-4-5-15(9-18)12-21-7-8-22-17(13-21)10-16(20-22)11-19-14(2)23/h4-6,9-10H,3,7-8,11-13H2,1-2H3,(H,19,23). The van der Waals surface area contributed by atoms with E-state index < -0.39 is 0 Å². The van der Waals surface area contributed by atoms with Crippen LogP contribution < -0.4 is 10.1 Å². The molecular formula is C18H24N4O2. The summed E-state index contributed by atoms with van der Waals surface area (Å²) >= 11 is 0. The highest BCUT2D eigenvalue weighted by Crippen LogP contribution is 2.19. The lowest BCUT2D eigenvalue weighted by Gasteiger charge is -2.27. The van der Waals surface area contributed by atoms with Crippen molar-refractivity contribution < 1.29 is 9.53 Å². The summed E-state index contributed by atoms with van der Waals surface area (Å²) in [6, 6.07) is 10.4. The lowest BCUT2D eigenvalue weighted by atomic mass is 10.2. The zero-order valence-corrected chi connectivity index (χ0v) is 14.3. The van der Waals surface area contributed by atoms with Gasteiger partial charge in [-0.05, 0) is 30.7 Å². The summed E-state index contributed by atoms with van der Waals surface area (Å²) in [7, 11) is 0. The molecule has 1 aliphatic heterocycles. The van der Waals surface area contributed by atoms with Crippen LogP contribution in [0.15, 0.2) is 30.3 Å². The molecule has 1 aliphatic rings. The number of aromatic nitrogens is 2. The molecule has 0 aliphatic carbocycles. The van der Waals surface area contributed by atoms with Crippen LogP contribution in [0, 0.1) is 0 Å². The second-order valence-electron chi connectivity index (χ2n) is 6.05. The zero-order valence-electron chi connectivity index (χ0n) is 14.3. The van der Waals surface area contributed by atoms with E-state index >= 15 is 0 Å². The van der Waals surface area contributed by atoms with E-state index in [4.69, 9.17) is 4.74 Å². The van der Waals surface area contributed by atoms with Gasteiger partial charge in [-0.15, -0.1) is 0 Å². The van der Waals surface area contributed by atoms with Gasteiger partial charge in [0.1, 0.15) is 5.75 Å². The van der Waals surface area contributed by atoms with Gasteiger partial charge in [-0.25, -0.2) is 0 Å². The van der Waals surface area contributed by atoms with Crippen molar-refractivity contribution in [3.8, 4) is 5.75 Å². The van der Waals surface area contributed by atoms with Gasteiger partial charge in [0.25, 0.3) is 0 Å². The van der Waals surface area contributed by atoms with E-state index in [9.17, 15) is 4.79 Å². The Balaban J connectivity index is 1.62. The molecule has 128 valence electrons. The van der Waals surface area contributed by atoms with E-state index in [1.807, 2.05) is 23.7 Å². The Morgan fingerprint density at radius 2 is 2.21 bits per heavy atom. The summed E-state index contributed by atoms with van der Waals surface area (Å²) in [5, 5.41) is 7.36. The minimum Gasteiger partial charge on any atom is -0.494 e. The second kappa shape index (κ2) is 7.49. The van der Waals surface area contributed by atoms with Crippen molar-refractivity contribution in [3.05, 3.63) is 47.3 Å². The van der Waals surface area contributed by atoms with Gasteiger partial charge >= 0.3 is 0 Å². The van der Waals surface area contributed by atoms with Crippen LogP contribution in [-0.2, 0) is 31.0 Å². The summed E-state index contributed by atoms with van der Waals surface area (Å²) in [4.78, 5) is 13.4. The topological polar surface area (TPSA) is 59.4 Å². The SMILES string of the molecule is CCOc1cccc(CN2CCn3nc(CNC(C)=O)cc3C2)c1. The van der Waals surface area contributed by atoms with Crippen molar-refractivity contribution in [1.82, 2.24) is 20.0 Å². The highest BCUT2D eigenvalue weighted by atomic mass is 16.5. The largest absolute Gasteiger partial charge is 0.494 e. The van der Waals surface area contributed by atoms with Gasteiger partial charge in [0, 0.05) is 26.6 Å². The van der Waals surface area contributed by atoms with Crippen LogP contribution in [0.2, 0.25) is 0 Å². The summed E-state index contributed by atoms with van der Waals surface area (Å²) < 4.78 is 7.62. The average Bonchev–Trinajstić information content (AvgIpc) is 2.96. The Morgan fingerprint density at radius 1 is 1.33 bits per heavy atom. The summed E-state index contributed by atoms with van der Waals surface area (Å²) in [6.07, 6.45) is 0. The molecule has 0 bridgehead atoms. The van der Waals surface area contributed by atoms with Gasteiger partial charge in [-0.3, -0.25) is 14.4 Å². The number of hydrogen-bond acceptors (Lipinski definition) is 4. The number of amides is 1. The van der Waals surface area contributed by atoms with E-state index in [1.54, 1.807) is 0 Å². The molecule has 0 atom stereocenters. The van der Waals surface area contributed by atoms with Crippen LogP contribution in [0.25, 0.3) is 0 Å². The molecule has 1 aromatic carbocycles. The predicted octanol–water partition coefficient (Wildman–Crippen LogP) is 1.93. The maximum Gasteiger partial charge on any atom is 0.217 e. The lowest BCUT2D eigenvalue weighted by Crippen LogP contribution is -2.33. The Labute approximate surface area is 142 Å². The van der Waals surface area contributed by atoms with Gasteiger partial charge < -0.3 is 10.1 Å². The molecule has 2 aromatic rings. The number of carbonyl (C=O) groups is 1. The predicted molar refractivity (Wildman–Crippen MR) is 91.5 cm³/mol. The Morgan fingerprint density at radius 3 is 3.00 bits per heavy atom. The molecule has 0 radical (unpaired) electrons. The molecule has 6 heteroatoms. The number of rotatable bonds is 6. The lowest BCUT2D eigenvalue weighted by molar-refractivity contribution is -0.119. The number of carbonyl (C=O) groups excluding carboxylic acids is 1. The van der Waals surface area contributed by atoms with Crippen LogP contribution >= 0.6 is 0 Å². The minimum absolute atomic E-state index is 0.0308. The fourth-order valence-electron chi connectivity index (χ4n) is 2.98. The normalized spacial score (nSPS) is 14.2. The number of hydrogen-bond donors (Lipinski definition) is 1. The molecule has 0 spiro atoms. The van der Waals surface area contributed by atoms with E-state index in [2.05, 4.69) is 33.5 Å². The molecule has 1 amide bonds. The van der Waals surface area contributed by atoms with Crippen molar-refractivity contribution >= 4 is 5.91 Å². The molecular weight excluding hydrogens is 304 g/mol. The molecule has 0 saturated carbocycles. The third-order valence-electron chi connectivity index (χ3n) is 4.06. The fraction of sp³-hybridized carbons (Fsp3) is 0.444. The summed E-state index contributed by atoms with van der Waals surface area (Å²) in [5.74, 6) is 0.895. The molecule has 24 heavy (non-hydrogen) atoms. The van der Waals surface area contributed by atoms with Crippen molar-refractivity contribution in [2.45, 2.75) is 40.0 Å². The van der Waals surface area contributed by atoms with E-state index in [0.717, 1.165) is 37.6 Å². The Hall–Kier alpha value is -2.34. The highest BCUT2D eigenvalue weighted by Gasteiger charge is 2.18. The molecule has 0 saturated heterocycles. The van der Waals surface area contributed by atoms with E-state index in [-0.39, 0.29) is 5.91 Å². The average molecular weight is 328 g/mol. The first-order chi connectivity index (χ1) is 11.6. The van der Waals surface area contributed by atoms with E-state index in [0.29, 0.717) is 13.2 Å². The summed E-state index contributed by atoms with van der Waals surface area (Å²) in [6.45, 7) is 8.30. The molecule has 0 unspecified atom stereocenters. The molecule has 1 N–H and O–H groups in total. The number of nitrogens with zero attached hydrogens (tertiary/aromatic N) is 3. The maximum atomic E-state index is 11.0. The van der Waals surface area contributed by atoms with Crippen molar-refractivity contribution in [2.75, 3.05) is 13.2 Å². The first kappa shape index (κ1) is 16.5. The number of fused-ring (bicyclic) bond motifs is 1. The number of benzene rings is 1. The van der Waals surface area contributed by atoms with Crippen LogP contribution in [0.4, 0.5) is 0 Å². The number of ether oxygens (including phenoxy) is 1. The smallest absolute Gasteiger partial charge is 0.217 e. The second-order valence-corrected chi connectivity index (χ2v) is 6.05. The van der Waals surface area contributed by atoms with Crippen LogP contribution in [0.5, 0.6) is 5.75 Å². The monoisotopic (exact) mass is 328 g/mol. The van der Waals surface area contributed by atoms with Crippen LogP contribution in [-0.4, -0.2) is 33.7 Å². The fourth-order valence-corrected chi connectivity index (χ4v) is 2.98. The molecule has 6 nitrogen and oxygen atoms in total. The highest BCUT2D eigenvalue weighted by molar-refractivity contribution is 5.72. The van der Waals surface area contributed by atoms with Gasteiger partial charge in [0.2, 0.25) is 5.91 Å². The van der Waals surface area contributed by atoms with Crippen LogP contribution in [0.3, 0.4) is 0 Å². The zero-order chi connectivity index (χ0) is 16.9. The van der Waals surface area contributed by atoms with Crippen molar-refractivity contribution in [1.29, 1.82) is 0 Å². The van der Waals surface area contributed by atoms with Gasteiger partial charge in [-0.2, -0.15) is 5.10 Å². The van der Waals surface area contributed by atoms with Gasteiger partial charge in [0.05, 0.1) is 31.1 Å². The quantitative estimate of drug-likeness (QED) is 0.880. The van der Waals surface area contributed by atoms with Crippen LogP contribution in [0.1, 0.15) is 30.8 Å². The first-order valence-electron chi connectivity index (χ1n) is 8.38. The minimum atomic E-state index is -0.0308. The van der Waals surface area contributed by atoms with Gasteiger partial charge in [-0.1, -0.05) is 12.1 Å². The van der Waals surface area contributed by atoms with E-state index in [1.165, 1.54) is 18.2 Å². The molecule has 2 heterocycles. The Bertz CT molecular complexity index is 711. The third-order valence-corrected chi connectivity index (χ3v) is 4.06. The van der Waals surface area contributed by atoms with Crippen molar-refractivity contribution in [2.24, 2.45) is 0 Å². The third kappa shape index (κ3) is 4.14. The molecule has 0 fully saturated rings. The Kier molecular flexibility index (Phi) is 5.15. The van der Waals surface area contributed by atoms with Gasteiger partial charge in [0.15, 0.2) is 0 Å². The first-order valence-corrected chi connectivity index (χ1v) is 8.38. The summed E-state index contributed by atoms with van der Waals surface area (Å²) in [5.41, 5.74) is 3.37. The number of nitrogens with one attached hydrogen (secondary N) is 1. The maximum absolute atomic E-state index is 11.0. The molecule has 1 aromatic heterocycles.